The second kappa shape index (κ2) is 6.22. The third kappa shape index (κ3) is 2.98. The summed E-state index contributed by atoms with van der Waals surface area (Å²) in [4.78, 5) is 25.6. The normalized spacial score (nSPS) is 13.8. The molecule has 0 fully saturated rings. The average molecular weight is 329 g/mol. The van der Waals surface area contributed by atoms with Gasteiger partial charge in [-0.1, -0.05) is 5.16 Å². The van der Waals surface area contributed by atoms with Crippen LogP contribution in [0.4, 0.5) is 5.82 Å². The number of fused-ring (bicyclic) bond motifs is 1. The highest BCUT2D eigenvalue weighted by molar-refractivity contribution is 5.79. The van der Waals surface area contributed by atoms with Crippen molar-refractivity contribution >= 4 is 11.7 Å². The van der Waals surface area contributed by atoms with E-state index >= 15 is 0 Å². The highest BCUT2D eigenvalue weighted by atomic mass is 16.5. The van der Waals surface area contributed by atoms with Gasteiger partial charge in [0.2, 0.25) is 5.91 Å². The van der Waals surface area contributed by atoms with Crippen LogP contribution in [0.15, 0.2) is 4.52 Å². The van der Waals surface area contributed by atoms with Gasteiger partial charge >= 0.3 is 0 Å². The van der Waals surface area contributed by atoms with Crippen LogP contribution in [0.5, 0.6) is 0 Å². The van der Waals surface area contributed by atoms with Gasteiger partial charge in [-0.2, -0.15) is 0 Å². The minimum absolute atomic E-state index is 0.0812. The van der Waals surface area contributed by atoms with E-state index in [0.29, 0.717) is 25.3 Å². The molecule has 7 heteroatoms. The van der Waals surface area contributed by atoms with Gasteiger partial charge in [0.05, 0.1) is 24.4 Å². The van der Waals surface area contributed by atoms with E-state index < -0.39 is 0 Å². The predicted molar refractivity (Wildman–Crippen MR) is 89.9 cm³/mol. The van der Waals surface area contributed by atoms with Crippen LogP contribution in [0.3, 0.4) is 0 Å². The lowest BCUT2D eigenvalue weighted by atomic mass is 10.0. The Morgan fingerprint density at radius 3 is 2.62 bits per heavy atom. The van der Waals surface area contributed by atoms with E-state index in [1.807, 2.05) is 44.7 Å². The zero-order chi connectivity index (χ0) is 17.4. The Labute approximate surface area is 141 Å². The lowest BCUT2D eigenvalue weighted by molar-refractivity contribution is -0.131. The quantitative estimate of drug-likeness (QED) is 0.851. The SMILES string of the molecule is Cc1nc2c(c(N(C)C)n1)CCN(C(=O)Cc1c(C)noc1C)C2. The van der Waals surface area contributed by atoms with E-state index in [1.165, 1.54) is 0 Å². The van der Waals surface area contributed by atoms with Crippen molar-refractivity contribution in [3.05, 3.63) is 34.1 Å². The van der Waals surface area contributed by atoms with Crippen LogP contribution < -0.4 is 4.90 Å². The summed E-state index contributed by atoms with van der Waals surface area (Å²) in [5.74, 6) is 2.48. The second-order valence-electron chi connectivity index (χ2n) is 6.46. The molecule has 2 aromatic rings. The van der Waals surface area contributed by atoms with E-state index in [2.05, 4.69) is 15.1 Å². The van der Waals surface area contributed by atoms with Crippen molar-refractivity contribution in [3.63, 3.8) is 0 Å². The van der Waals surface area contributed by atoms with E-state index in [0.717, 1.165) is 40.6 Å². The van der Waals surface area contributed by atoms with Crippen molar-refractivity contribution in [3.8, 4) is 0 Å². The molecule has 3 rings (SSSR count). The minimum Gasteiger partial charge on any atom is -0.362 e. The summed E-state index contributed by atoms with van der Waals surface area (Å²) in [5.41, 5.74) is 3.77. The van der Waals surface area contributed by atoms with E-state index in [-0.39, 0.29) is 5.91 Å². The van der Waals surface area contributed by atoms with Crippen LogP contribution in [0, 0.1) is 20.8 Å². The van der Waals surface area contributed by atoms with Gasteiger partial charge in [-0.25, -0.2) is 9.97 Å². The van der Waals surface area contributed by atoms with Crippen LogP contribution in [-0.2, 0) is 24.2 Å². The fourth-order valence-corrected chi connectivity index (χ4v) is 3.13. The van der Waals surface area contributed by atoms with Crippen LogP contribution in [0.25, 0.3) is 0 Å². The standard InChI is InChI=1S/C17H23N5O2/c1-10-14(11(2)24-20-10)8-16(23)22-7-6-13-15(9-22)18-12(3)19-17(13)21(4)5/h6-9H2,1-5H3. The number of hydrogen-bond donors (Lipinski definition) is 0. The number of carbonyl (C=O) groups is 1. The molecule has 0 saturated heterocycles. The van der Waals surface area contributed by atoms with Gasteiger partial charge < -0.3 is 14.3 Å². The molecule has 0 aromatic carbocycles. The summed E-state index contributed by atoms with van der Waals surface area (Å²) < 4.78 is 5.15. The van der Waals surface area contributed by atoms with E-state index in [9.17, 15) is 4.79 Å². The fraction of sp³-hybridized carbons (Fsp3) is 0.529. The van der Waals surface area contributed by atoms with Crippen molar-refractivity contribution < 1.29 is 9.32 Å². The lowest BCUT2D eigenvalue weighted by Gasteiger charge is -2.30. The van der Waals surface area contributed by atoms with Crippen molar-refractivity contribution in [1.29, 1.82) is 0 Å². The molecular formula is C17H23N5O2. The third-order valence-electron chi connectivity index (χ3n) is 4.44. The molecule has 0 unspecified atom stereocenters. The lowest BCUT2D eigenvalue weighted by Crippen LogP contribution is -2.38. The molecule has 1 amide bonds. The molecule has 128 valence electrons. The number of aryl methyl sites for hydroxylation is 3. The molecule has 1 aliphatic rings. The Bertz CT molecular complexity index is 762. The topological polar surface area (TPSA) is 75.4 Å². The summed E-state index contributed by atoms with van der Waals surface area (Å²) in [6.07, 6.45) is 1.09. The molecule has 0 spiro atoms. The Morgan fingerprint density at radius 2 is 2.00 bits per heavy atom. The summed E-state index contributed by atoms with van der Waals surface area (Å²) in [5, 5.41) is 3.92. The zero-order valence-corrected chi connectivity index (χ0v) is 14.9. The molecular weight excluding hydrogens is 306 g/mol. The Kier molecular flexibility index (Phi) is 4.26. The molecule has 7 nitrogen and oxygen atoms in total. The third-order valence-corrected chi connectivity index (χ3v) is 4.44. The van der Waals surface area contributed by atoms with Gasteiger partial charge in [-0.15, -0.1) is 0 Å². The molecule has 3 heterocycles. The minimum atomic E-state index is 0.0812. The number of amides is 1. The summed E-state index contributed by atoms with van der Waals surface area (Å²) in [7, 11) is 3.97. The maximum Gasteiger partial charge on any atom is 0.227 e. The Morgan fingerprint density at radius 1 is 1.25 bits per heavy atom. The maximum absolute atomic E-state index is 12.7. The second-order valence-corrected chi connectivity index (χ2v) is 6.46. The van der Waals surface area contributed by atoms with Crippen LogP contribution in [-0.4, -0.2) is 46.6 Å². The van der Waals surface area contributed by atoms with Crippen LogP contribution >= 0.6 is 0 Å². The molecule has 0 saturated carbocycles. The average Bonchev–Trinajstić information content (AvgIpc) is 2.85. The summed E-state index contributed by atoms with van der Waals surface area (Å²) in [6, 6.07) is 0. The van der Waals surface area contributed by atoms with Gasteiger partial charge in [0.15, 0.2) is 0 Å². The number of hydrogen-bond acceptors (Lipinski definition) is 6. The molecule has 0 bridgehead atoms. The van der Waals surface area contributed by atoms with Gasteiger partial charge in [0, 0.05) is 31.8 Å². The first kappa shape index (κ1) is 16.4. The van der Waals surface area contributed by atoms with Gasteiger partial charge in [0.25, 0.3) is 0 Å². The molecule has 1 aliphatic heterocycles. The van der Waals surface area contributed by atoms with E-state index in [1.54, 1.807) is 0 Å². The molecule has 0 aliphatic carbocycles. The van der Waals surface area contributed by atoms with Gasteiger partial charge in [0.1, 0.15) is 17.4 Å². The van der Waals surface area contributed by atoms with E-state index in [4.69, 9.17) is 4.52 Å². The molecule has 0 atom stereocenters. The maximum atomic E-state index is 12.7. The van der Waals surface area contributed by atoms with Crippen molar-refractivity contribution in [2.45, 2.75) is 40.2 Å². The number of anilines is 1. The highest BCUT2D eigenvalue weighted by Crippen LogP contribution is 2.26. The molecule has 0 N–H and O–H groups in total. The van der Waals surface area contributed by atoms with Crippen LogP contribution in [0.1, 0.15) is 34.1 Å². The first-order valence-corrected chi connectivity index (χ1v) is 8.10. The number of carbonyl (C=O) groups excluding carboxylic acids is 1. The number of aromatic nitrogens is 3. The number of nitrogens with zero attached hydrogens (tertiary/aromatic N) is 5. The van der Waals surface area contributed by atoms with Crippen LogP contribution in [0.2, 0.25) is 0 Å². The highest BCUT2D eigenvalue weighted by Gasteiger charge is 2.26. The monoisotopic (exact) mass is 329 g/mol. The van der Waals surface area contributed by atoms with Gasteiger partial charge in [-0.05, 0) is 27.2 Å². The molecule has 24 heavy (non-hydrogen) atoms. The van der Waals surface area contributed by atoms with Crippen molar-refractivity contribution in [1.82, 2.24) is 20.0 Å². The largest absolute Gasteiger partial charge is 0.362 e. The number of rotatable bonds is 3. The van der Waals surface area contributed by atoms with Crippen molar-refractivity contribution in [2.24, 2.45) is 0 Å². The smallest absolute Gasteiger partial charge is 0.227 e. The Balaban J connectivity index is 1.81. The summed E-state index contributed by atoms with van der Waals surface area (Å²) in [6.45, 7) is 6.81. The first-order chi connectivity index (χ1) is 11.4. The zero-order valence-electron chi connectivity index (χ0n) is 14.9. The fourth-order valence-electron chi connectivity index (χ4n) is 3.13. The first-order valence-electron chi connectivity index (χ1n) is 8.10. The van der Waals surface area contributed by atoms with Crippen molar-refractivity contribution in [2.75, 3.05) is 25.5 Å². The molecule has 2 aromatic heterocycles. The Hall–Kier alpha value is -2.44. The van der Waals surface area contributed by atoms with Gasteiger partial charge in [-0.3, -0.25) is 4.79 Å². The summed E-state index contributed by atoms with van der Waals surface area (Å²) >= 11 is 0. The predicted octanol–water partition coefficient (Wildman–Crippen LogP) is 1.58. The molecule has 0 radical (unpaired) electrons.